The van der Waals surface area contributed by atoms with Crippen molar-refractivity contribution in [2.45, 2.75) is 71.2 Å². The molecule has 1 aromatic carbocycles. The summed E-state index contributed by atoms with van der Waals surface area (Å²) in [5.41, 5.74) is 2.12. The number of benzene rings is 1. The minimum atomic E-state index is -0.0228. The lowest BCUT2D eigenvalue weighted by molar-refractivity contribution is -0.119. The molecule has 0 aliphatic heterocycles. The second-order valence-corrected chi connectivity index (χ2v) is 7.97. The molecule has 1 amide bonds. The van der Waals surface area contributed by atoms with Crippen LogP contribution in [0, 0.1) is 13.8 Å². The molecular formula is C20H31N5O2S. The molecule has 1 heterocycles. The molecule has 2 aromatic rings. The van der Waals surface area contributed by atoms with E-state index in [0.717, 1.165) is 29.7 Å². The lowest BCUT2D eigenvalue weighted by atomic mass is 10.1. The fraction of sp³-hybridized carbons (Fsp3) is 0.550. The van der Waals surface area contributed by atoms with Crippen LogP contribution in [0.25, 0.3) is 0 Å². The SMILES string of the molecule is CCCCC[C@@H](C)NC(=O)CSc1nnc(COc2c(C)cccc2C)n1N. The Labute approximate surface area is 171 Å². The Morgan fingerprint density at radius 2 is 2.00 bits per heavy atom. The number of nitrogen functional groups attached to an aromatic ring is 1. The van der Waals surface area contributed by atoms with Gasteiger partial charge in [0.15, 0.2) is 5.82 Å². The quantitative estimate of drug-likeness (QED) is 0.338. The molecule has 0 spiro atoms. The summed E-state index contributed by atoms with van der Waals surface area (Å²) in [6, 6.07) is 6.17. The smallest absolute Gasteiger partial charge is 0.230 e. The number of rotatable bonds is 11. The molecule has 0 bridgehead atoms. The van der Waals surface area contributed by atoms with Crippen LogP contribution < -0.4 is 15.9 Å². The van der Waals surface area contributed by atoms with Crippen LogP contribution in [0.5, 0.6) is 5.75 Å². The second kappa shape index (κ2) is 10.9. The minimum absolute atomic E-state index is 0.0228. The van der Waals surface area contributed by atoms with Crippen molar-refractivity contribution >= 4 is 17.7 Å². The number of carbonyl (C=O) groups excluding carboxylic acids is 1. The summed E-state index contributed by atoms with van der Waals surface area (Å²) in [5, 5.41) is 11.7. The minimum Gasteiger partial charge on any atom is -0.485 e. The molecule has 0 saturated carbocycles. The number of nitrogens with zero attached hydrogens (tertiary/aromatic N) is 3. The van der Waals surface area contributed by atoms with Gasteiger partial charge in [0.1, 0.15) is 12.4 Å². The first-order valence-electron chi connectivity index (χ1n) is 9.72. The van der Waals surface area contributed by atoms with Gasteiger partial charge in [0.2, 0.25) is 11.1 Å². The number of nitrogens with two attached hydrogens (primary N) is 1. The van der Waals surface area contributed by atoms with Crippen LogP contribution in [0.4, 0.5) is 0 Å². The standard InChI is InChI=1S/C20H31N5O2S/c1-5-6-7-11-16(4)22-18(26)13-28-20-24-23-17(25(20)21)12-27-19-14(2)9-8-10-15(19)3/h8-10,16H,5-7,11-13,21H2,1-4H3,(H,22,26)/t16-/m1/s1. The van der Waals surface area contributed by atoms with Gasteiger partial charge in [-0.2, -0.15) is 0 Å². The van der Waals surface area contributed by atoms with Crippen molar-refractivity contribution in [3.8, 4) is 5.75 Å². The molecule has 2 rings (SSSR count). The first-order valence-corrected chi connectivity index (χ1v) is 10.7. The summed E-state index contributed by atoms with van der Waals surface area (Å²) in [5.74, 6) is 7.65. The molecule has 0 unspecified atom stereocenters. The van der Waals surface area contributed by atoms with Crippen LogP contribution in [-0.4, -0.2) is 32.6 Å². The third-order valence-electron chi connectivity index (χ3n) is 4.47. The molecule has 3 N–H and O–H groups in total. The van der Waals surface area contributed by atoms with Crippen molar-refractivity contribution in [1.29, 1.82) is 0 Å². The Kier molecular flexibility index (Phi) is 8.63. The average Bonchev–Trinajstić information content (AvgIpc) is 3.00. The molecule has 0 fully saturated rings. The fourth-order valence-electron chi connectivity index (χ4n) is 2.89. The van der Waals surface area contributed by atoms with Crippen LogP contribution in [0.15, 0.2) is 23.4 Å². The van der Waals surface area contributed by atoms with Crippen LogP contribution in [0.2, 0.25) is 0 Å². The topological polar surface area (TPSA) is 95.1 Å². The summed E-state index contributed by atoms with van der Waals surface area (Å²) in [6.45, 7) is 8.42. The first kappa shape index (κ1) is 22.1. The highest BCUT2D eigenvalue weighted by Gasteiger charge is 2.14. The van der Waals surface area contributed by atoms with Crippen molar-refractivity contribution in [3.63, 3.8) is 0 Å². The van der Waals surface area contributed by atoms with Gasteiger partial charge < -0.3 is 15.9 Å². The number of carbonyl (C=O) groups is 1. The molecule has 0 aliphatic carbocycles. The van der Waals surface area contributed by atoms with E-state index in [0.29, 0.717) is 11.0 Å². The van der Waals surface area contributed by atoms with E-state index in [1.54, 1.807) is 0 Å². The fourth-order valence-corrected chi connectivity index (χ4v) is 3.57. The van der Waals surface area contributed by atoms with E-state index >= 15 is 0 Å². The number of hydrogen-bond acceptors (Lipinski definition) is 6. The highest BCUT2D eigenvalue weighted by molar-refractivity contribution is 7.99. The summed E-state index contributed by atoms with van der Waals surface area (Å²) >= 11 is 1.27. The number of unbranched alkanes of at least 4 members (excludes halogenated alkanes) is 2. The number of para-hydroxylation sites is 1. The average molecular weight is 406 g/mol. The Balaban J connectivity index is 1.83. The molecule has 1 aromatic heterocycles. The summed E-state index contributed by atoms with van der Waals surface area (Å²) < 4.78 is 7.27. The van der Waals surface area contributed by atoms with Crippen LogP contribution in [0.1, 0.15) is 56.5 Å². The van der Waals surface area contributed by atoms with Crippen molar-refractivity contribution < 1.29 is 9.53 Å². The maximum atomic E-state index is 12.1. The van der Waals surface area contributed by atoms with E-state index in [1.165, 1.54) is 29.3 Å². The molecule has 0 radical (unpaired) electrons. The van der Waals surface area contributed by atoms with E-state index in [-0.39, 0.29) is 24.3 Å². The number of aryl methyl sites for hydroxylation is 2. The monoisotopic (exact) mass is 405 g/mol. The van der Waals surface area contributed by atoms with Crippen LogP contribution in [0.3, 0.4) is 0 Å². The summed E-state index contributed by atoms with van der Waals surface area (Å²) in [7, 11) is 0. The van der Waals surface area contributed by atoms with Gasteiger partial charge in [-0.05, 0) is 38.3 Å². The van der Waals surface area contributed by atoms with E-state index < -0.39 is 0 Å². The number of nitrogens with one attached hydrogen (secondary N) is 1. The summed E-state index contributed by atoms with van der Waals surface area (Å²) in [6.07, 6.45) is 4.50. The Bertz CT molecular complexity index is 758. The van der Waals surface area contributed by atoms with Gasteiger partial charge in [-0.3, -0.25) is 4.79 Å². The molecule has 1 atom stereocenters. The van der Waals surface area contributed by atoms with Gasteiger partial charge in [0.05, 0.1) is 5.75 Å². The molecule has 154 valence electrons. The first-order chi connectivity index (χ1) is 13.4. The van der Waals surface area contributed by atoms with Crippen LogP contribution in [-0.2, 0) is 11.4 Å². The molecule has 0 saturated heterocycles. The molecule has 7 nitrogen and oxygen atoms in total. The third kappa shape index (κ3) is 6.44. The van der Waals surface area contributed by atoms with Gasteiger partial charge in [0.25, 0.3) is 0 Å². The normalized spacial score (nSPS) is 12.0. The third-order valence-corrected chi connectivity index (χ3v) is 5.41. The zero-order chi connectivity index (χ0) is 20.5. The molecular weight excluding hydrogens is 374 g/mol. The van der Waals surface area contributed by atoms with Crippen molar-refractivity contribution in [3.05, 3.63) is 35.2 Å². The number of aromatic nitrogens is 3. The van der Waals surface area contributed by atoms with Crippen molar-refractivity contribution in [2.75, 3.05) is 11.6 Å². The number of hydrogen-bond donors (Lipinski definition) is 2. The lowest BCUT2D eigenvalue weighted by Crippen LogP contribution is -2.33. The highest BCUT2D eigenvalue weighted by Crippen LogP contribution is 2.23. The Morgan fingerprint density at radius 3 is 2.68 bits per heavy atom. The summed E-state index contributed by atoms with van der Waals surface area (Å²) in [4.78, 5) is 12.1. The zero-order valence-corrected chi connectivity index (χ0v) is 18.0. The second-order valence-electron chi connectivity index (χ2n) is 7.03. The van der Waals surface area contributed by atoms with Crippen LogP contribution >= 0.6 is 11.8 Å². The van der Waals surface area contributed by atoms with Crippen molar-refractivity contribution in [1.82, 2.24) is 20.2 Å². The van der Waals surface area contributed by atoms with E-state index in [9.17, 15) is 4.79 Å². The molecule has 0 aliphatic rings. The van der Waals surface area contributed by atoms with E-state index in [4.69, 9.17) is 10.6 Å². The van der Waals surface area contributed by atoms with Crippen molar-refractivity contribution in [2.24, 2.45) is 0 Å². The van der Waals surface area contributed by atoms with Gasteiger partial charge in [-0.15, -0.1) is 10.2 Å². The number of amides is 1. The molecule has 28 heavy (non-hydrogen) atoms. The maximum absolute atomic E-state index is 12.1. The molecule has 8 heteroatoms. The van der Waals surface area contributed by atoms with Gasteiger partial charge in [-0.1, -0.05) is 56.1 Å². The number of thioether (sulfide) groups is 1. The predicted octanol–water partition coefficient (Wildman–Crippen LogP) is 3.36. The van der Waals surface area contributed by atoms with Gasteiger partial charge >= 0.3 is 0 Å². The van der Waals surface area contributed by atoms with E-state index in [1.807, 2.05) is 39.0 Å². The highest BCUT2D eigenvalue weighted by atomic mass is 32.2. The van der Waals surface area contributed by atoms with Gasteiger partial charge in [-0.25, -0.2) is 4.68 Å². The van der Waals surface area contributed by atoms with E-state index in [2.05, 4.69) is 22.4 Å². The predicted molar refractivity (Wildman–Crippen MR) is 113 cm³/mol. The maximum Gasteiger partial charge on any atom is 0.230 e. The zero-order valence-electron chi connectivity index (χ0n) is 17.2. The lowest BCUT2D eigenvalue weighted by Gasteiger charge is -2.13. The number of ether oxygens (including phenoxy) is 1. The van der Waals surface area contributed by atoms with Gasteiger partial charge in [0, 0.05) is 6.04 Å². The largest absolute Gasteiger partial charge is 0.485 e. The Hall–Kier alpha value is -2.22. The Morgan fingerprint density at radius 1 is 1.29 bits per heavy atom.